The number of amides is 2. The minimum absolute atomic E-state index is 0.0147. The summed E-state index contributed by atoms with van der Waals surface area (Å²) in [7, 11) is 0. The van der Waals surface area contributed by atoms with E-state index in [2.05, 4.69) is 21.2 Å². The number of nitrogens with zero attached hydrogens (tertiary/aromatic N) is 1. The van der Waals surface area contributed by atoms with E-state index in [1.165, 1.54) is 0 Å². The number of anilines is 1. The largest absolute Gasteiger partial charge is 0.450 e. The van der Waals surface area contributed by atoms with Gasteiger partial charge < -0.3 is 15.0 Å². The number of likely N-dealkylation sites (tertiary alicyclic amines) is 1. The highest BCUT2D eigenvalue weighted by Crippen LogP contribution is 2.21. The lowest BCUT2D eigenvalue weighted by atomic mass is 9.96. The Morgan fingerprint density at radius 2 is 1.90 bits per heavy atom. The molecule has 5 nitrogen and oxygen atoms in total. The molecule has 0 radical (unpaired) electrons. The predicted molar refractivity (Wildman–Crippen MR) is 84.1 cm³/mol. The van der Waals surface area contributed by atoms with Crippen molar-refractivity contribution in [2.24, 2.45) is 5.92 Å². The van der Waals surface area contributed by atoms with E-state index in [-0.39, 0.29) is 17.9 Å². The third kappa shape index (κ3) is 4.46. The van der Waals surface area contributed by atoms with Crippen molar-refractivity contribution in [1.82, 2.24) is 4.90 Å². The van der Waals surface area contributed by atoms with Gasteiger partial charge in [0.15, 0.2) is 0 Å². The molecule has 0 aliphatic carbocycles. The summed E-state index contributed by atoms with van der Waals surface area (Å²) in [6, 6.07) is 7.49. The molecule has 1 fully saturated rings. The van der Waals surface area contributed by atoms with Gasteiger partial charge in [-0.2, -0.15) is 0 Å². The third-order valence-electron chi connectivity index (χ3n) is 3.50. The fraction of sp³-hybridized carbons (Fsp3) is 0.467. The van der Waals surface area contributed by atoms with Crippen molar-refractivity contribution in [3.8, 4) is 0 Å². The molecular weight excluding hydrogens is 336 g/mol. The molecule has 1 saturated heterocycles. The van der Waals surface area contributed by atoms with E-state index in [4.69, 9.17) is 4.74 Å². The van der Waals surface area contributed by atoms with E-state index in [1.54, 1.807) is 11.8 Å². The molecule has 1 aliphatic heterocycles. The van der Waals surface area contributed by atoms with Crippen LogP contribution in [0.5, 0.6) is 0 Å². The van der Waals surface area contributed by atoms with Gasteiger partial charge in [0.1, 0.15) is 0 Å². The van der Waals surface area contributed by atoms with Gasteiger partial charge in [0.05, 0.1) is 6.61 Å². The molecule has 2 amide bonds. The van der Waals surface area contributed by atoms with Gasteiger partial charge >= 0.3 is 6.09 Å². The second-order valence-corrected chi connectivity index (χ2v) is 5.87. The number of carbonyl (C=O) groups excluding carboxylic acids is 2. The standard InChI is InChI=1S/C15H19BrN2O3/c1-2-21-15(20)18-9-7-11(8-10-18)14(19)17-13-5-3-12(16)4-6-13/h3-6,11H,2,7-10H2,1H3,(H,17,19). The minimum Gasteiger partial charge on any atom is -0.450 e. The zero-order chi connectivity index (χ0) is 15.2. The first-order valence-corrected chi connectivity index (χ1v) is 7.87. The number of carbonyl (C=O) groups is 2. The highest BCUT2D eigenvalue weighted by atomic mass is 79.9. The Labute approximate surface area is 132 Å². The highest BCUT2D eigenvalue weighted by molar-refractivity contribution is 9.10. The van der Waals surface area contributed by atoms with Gasteiger partial charge in [0.2, 0.25) is 5.91 Å². The molecule has 1 heterocycles. The van der Waals surface area contributed by atoms with Crippen molar-refractivity contribution in [2.45, 2.75) is 19.8 Å². The van der Waals surface area contributed by atoms with E-state index >= 15 is 0 Å². The van der Waals surface area contributed by atoms with Crippen LogP contribution in [-0.4, -0.2) is 36.6 Å². The smallest absolute Gasteiger partial charge is 0.409 e. The topological polar surface area (TPSA) is 58.6 Å². The van der Waals surface area contributed by atoms with Gasteiger partial charge in [-0.3, -0.25) is 4.79 Å². The van der Waals surface area contributed by atoms with Crippen molar-refractivity contribution < 1.29 is 14.3 Å². The van der Waals surface area contributed by atoms with Gasteiger partial charge in [-0.15, -0.1) is 0 Å². The third-order valence-corrected chi connectivity index (χ3v) is 4.03. The summed E-state index contributed by atoms with van der Waals surface area (Å²) < 4.78 is 5.94. The SMILES string of the molecule is CCOC(=O)N1CCC(C(=O)Nc2ccc(Br)cc2)CC1. The van der Waals surface area contributed by atoms with Gasteiger partial charge in [-0.05, 0) is 44.0 Å². The Hall–Kier alpha value is -1.56. The van der Waals surface area contributed by atoms with Crippen molar-refractivity contribution in [2.75, 3.05) is 25.0 Å². The van der Waals surface area contributed by atoms with E-state index in [0.29, 0.717) is 32.5 Å². The number of piperidine rings is 1. The Morgan fingerprint density at radius 3 is 2.48 bits per heavy atom. The van der Waals surface area contributed by atoms with Crippen LogP contribution >= 0.6 is 15.9 Å². The van der Waals surface area contributed by atoms with E-state index < -0.39 is 0 Å². The maximum Gasteiger partial charge on any atom is 0.409 e. The Morgan fingerprint density at radius 1 is 1.29 bits per heavy atom. The maximum atomic E-state index is 12.2. The molecule has 1 aliphatic rings. The Balaban J connectivity index is 1.83. The number of benzene rings is 1. The average molecular weight is 355 g/mol. The van der Waals surface area contributed by atoms with Gasteiger partial charge in [-0.1, -0.05) is 15.9 Å². The quantitative estimate of drug-likeness (QED) is 0.906. The minimum atomic E-state index is -0.288. The molecule has 0 aromatic heterocycles. The van der Waals surface area contributed by atoms with Crippen LogP contribution in [0, 0.1) is 5.92 Å². The van der Waals surface area contributed by atoms with E-state index in [9.17, 15) is 9.59 Å². The molecule has 0 atom stereocenters. The Bertz CT molecular complexity index is 496. The number of nitrogens with one attached hydrogen (secondary N) is 1. The maximum absolute atomic E-state index is 12.2. The lowest BCUT2D eigenvalue weighted by Crippen LogP contribution is -2.41. The molecule has 114 valence electrons. The molecule has 6 heteroatoms. The number of rotatable bonds is 3. The molecule has 1 aromatic rings. The van der Waals surface area contributed by atoms with Crippen molar-refractivity contribution in [3.05, 3.63) is 28.7 Å². The highest BCUT2D eigenvalue weighted by Gasteiger charge is 2.27. The second kappa shape index (κ2) is 7.45. The summed E-state index contributed by atoms with van der Waals surface area (Å²) in [5.74, 6) is -0.0415. The summed E-state index contributed by atoms with van der Waals surface area (Å²) in [5.41, 5.74) is 0.788. The van der Waals surface area contributed by atoms with Crippen LogP contribution < -0.4 is 5.32 Å². The number of ether oxygens (including phenoxy) is 1. The molecule has 1 N–H and O–H groups in total. The zero-order valence-electron chi connectivity index (χ0n) is 12.0. The van der Waals surface area contributed by atoms with Crippen LogP contribution in [-0.2, 0) is 9.53 Å². The van der Waals surface area contributed by atoms with Crippen LogP contribution in [0.3, 0.4) is 0 Å². The normalized spacial score (nSPS) is 15.6. The van der Waals surface area contributed by atoms with E-state index in [1.807, 2.05) is 24.3 Å². The van der Waals surface area contributed by atoms with Crippen molar-refractivity contribution >= 4 is 33.6 Å². The number of halogens is 1. The summed E-state index contributed by atoms with van der Waals surface area (Å²) in [5, 5.41) is 2.91. The molecular formula is C15H19BrN2O3. The molecule has 2 rings (SSSR count). The first kappa shape index (κ1) is 15.8. The van der Waals surface area contributed by atoms with E-state index in [0.717, 1.165) is 10.2 Å². The van der Waals surface area contributed by atoms with Gasteiger partial charge in [-0.25, -0.2) is 4.79 Å². The van der Waals surface area contributed by atoms with Crippen LogP contribution in [0.1, 0.15) is 19.8 Å². The molecule has 0 spiro atoms. The van der Waals surface area contributed by atoms with Crippen molar-refractivity contribution in [1.29, 1.82) is 0 Å². The van der Waals surface area contributed by atoms with Crippen LogP contribution in [0.15, 0.2) is 28.7 Å². The lowest BCUT2D eigenvalue weighted by molar-refractivity contribution is -0.121. The fourth-order valence-electron chi connectivity index (χ4n) is 2.32. The summed E-state index contributed by atoms with van der Waals surface area (Å²) >= 11 is 3.36. The number of hydrogen-bond donors (Lipinski definition) is 1. The summed E-state index contributed by atoms with van der Waals surface area (Å²) in [4.78, 5) is 25.5. The average Bonchev–Trinajstić information content (AvgIpc) is 2.50. The molecule has 1 aromatic carbocycles. The Kier molecular flexibility index (Phi) is 5.61. The summed E-state index contributed by atoms with van der Waals surface area (Å²) in [6.07, 6.45) is 1.05. The molecule has 0 saturated carbocycles. The van der Waals surface area contributed by atoms with Gasteiger partial charge in [0.25, 0.3) is 0 Å². The van der Waals surface area contributed by atoms with Gasteiger partial charge in [0, 0.05) is 29.2 Å². The molecule has 0 unspecified atom stereocenters. The first-order valence-electron chi connectivity index (χ1n) is 7.08. The van der Waals surface area contributed by atoms with Crippen LogP contribution in [0.2, 0.25) is 0 Å². The predicted octanol–water partition coefficient (Wildman–Crippen LogP) is 3.26. The second-order valence-electron chi connectivity index (χ2n) is 4.96. The number of hydrogen-bond acceptors (Lipinski definition) is 3. The summed E-state index contributed by atoms with van der Waals surface area (Å²) in [6.45, 7) is 3.30. The van der Waals surface area contributed by atoms with Crippen LogP contribution in [0.4, 0.5) is 10.5 Å². The van der Waals surface area contributed by atoms with Crippen LogP contribution in [0.25, 0.3) is 0 Å². The van der Waals surface area contributed by atoms with Crippen molar-refractivity contribution in [3.63, 3.8) is 0 Å². The monoisotopic (exact) mass is 354 g/mol. The lowest BCUT2D eigenvalue weighted by Gasteiger charge is -2.30. The fourth-order valence-corrected chi connectivity index (χ4v) is 2.58. The molecule has 0 bridgehead atoms. The molecule has 21 heavy (non-hydrogen) atoms. The zero-order valence-corrected chi connectivity index (χ0v) is 13.6. The first-order chi connectivity index (χ1) is 10.1.